The van der Waals surface area contributed by atoms with E-state index in [1.807, 2.05) is 0 Å². The quantitative estimate of drug-likeness (QED) is 0.897. The fourth-order valence-electron chi connectivity index (χ4n) is 3.32. The van der Waals surface area contributed by atoms with E-state index in [1.54, 1.807) is 0 Å². The lowest BCUT2D eigenvalue weighted by molar-refractivity contribution is 0.626. The summed E-state index contributed by atoms with van der Waals surface area (Å²) in [5.41, 5.74) is 13.1. The van der Waals surface area contributed by atoms with Gasteiger partial charge < -0.3 is 10.6 Å². The van der Waals surface area contributed by atoms with Gasteiger partial charge in [-0.3, -0.25) is 0 Å². The molecule has 110 valence electrons. The second kappa shape index (κ2) is 5.90. The van der Waals surface area contributed by atoms with Crippen LogP contribution in [0.3, 0.4) is 0 Å². The summed E-state index contributed by atoms with van der Waals surface area (Å²) in [6.07, 6.45) is 2.22. The first-order valence-electron chi connectivity index (χ1n) is 7.81. The number of anilines is 1. The molecule has 21 heavy (non-hydrogen) atoms. The van der Waals surface area contributed by atoms with Crippen LogP contribution >= 0.6 is 0 Å². The highest BCUT2D eigenvalue weighted by atomic mass is 15.1. The molecule has 0 amide bonds. The molecule has 0 aliphatic carbocycles. The first-order valence-corrected chi connectivity index (χ1v) is 7.81. The molecule has 0 fully saturated rings. The lowest BCUT2D eigenvalue weighted by atomic mass is 10.0. The van der Waals surface area contributed by atoms with Crippen molar-refractivity contribution < 1.29 is 0 Å². The first kappa shape index (κ1) is 14.2. The Kier molecular flexibility index (Phi) is 3.98. The minimum absolute atomic E-state index is 0.171. The molecule has 1 aliphatic heterocycles. The molecule has 1 aliphatic rings. The van der Waals surface area contributed by atoms with Gasteiger partial charge in [-0.2, -0.15) is 0 Å². The summed E-state index contributed by atoms with van der Waals surface area (Å²) in [4.78, 5) is 2.50. The third-order valence-corrected chi connectivity index (χ3v) is 4.61. The Bertz CT molecular complexity index is 613. The number of nitrogens with zero attached hydrogens (tertiary/aromatic N) is 1. The van der Waals surface area contributed by atoms with E-state index in [1.165, 1.54) is 27.9 Å². The fraction of sp³-hybridized carbons (Fsp3) is 0.368. The van der Waals surface area contributed by atoms with Crippen LogP contribution in [0.1, 0.15) is 41.1 Å². The van der Waals surface area contributed by atoms with Gasteiger partial charge in [0.05, 0.1) is 0 Å². The molecule has 0 radical (unpaired) electrons. The number of hydrogen-bond donors (Lipinski definition) is 1. The Morgan fingerprint density at radius 1 is 1.05 bits per heavy atom. The van der Waals surface area contributed by atoms with Crippen LogP contribution < -0.4 is 10.6 Å². The van der Waals surface area contributed by atoms with E-state index in [9.17, 15) is 0 Å². The molecular weight excluding hydrogens is 256 g/mol. The second-order valence-corrected chi connectivity index (χ2v) is 6.10. The molecule has 2 N–H and O–H groups in total. The van der Waals surface area contributed by atoms with Crippen LogP contribution in [0.4, 0.5) is 5.69 Å². The van der Waals surface area contributed by atoms with Crippen molar-refractivity contribution in [1.29, 1.82) is 0 Å². The normalized spacial score (nSPS) is 18.2. The molecular formula is C19H24N2. The van der Waals surface area contributed by atoms with Crippen molar-refractivity contribution in [2.75, 3.05) is 11.4 Å². The lowest BCUT2D eigenvalue weighted by Crippen LogP contribution is -2.24. The van der Waals surface area contributed by atoms with Crippen LogP contribution in [-0.4, -0.2) is 6.54 Å². The maximum Gasteiger partial charge on any atom is 0.0434 e. The van der Waals surface area contributed by atoms with Gasteiger partial charge in [-0.1, -0.05) is 36.4 Å². The summed E-state index contributed by atoms with van der Waals surface area (Å²) in [5.74, 6) is 0. The number of para-hydroxylation sites is 1. The highest BCUT2D eigenvalue weighted by molar-refractivity contribution is 5.56. The van der Waals surface area contributed by atoms with E-state index in [4.69, 9.17) is 5.73 Å². The number of nitrogens with two attached hydrogens (primary N) is 1. The van der Waals surface area contributed by atoms with Crippen molar-refractivity contribution >= 4 is 5.69 Å². The second-order valence-electron chi connectivity index (χ2n) is 6.10. The first-order chi connectivity index (χ1) is 10.2. The summed E-state index contributed by atoms with van der Waals surface area (Å²) in [7, 11) is 0. The van der Waals surface area contributed by atoms with Crippen LogP contribution in [-0.2, 0) is 6.54 Å². The zero-order valence-electron chi connectivity index (χ0n) is 13.0. The van der Waals surface area contributed by atoms with Crippen molar-refractivity contribution in [2.45, 2.75) is 39.3 Å². The fourth-order valence-corrected chi connectivity index (χ4v) is 3.32. The highest BCUT2D eigenvalue weighted by Gasteiger charge is 2.20. The van der Waals surface area contributed by atoms with Gasteiger partial charge >= 0.3 is 0 Å². The monoisotopic (exact) mass is 280 g/mol. The lowest BCUT2D eigenvalue weighted by Gasteiger charge is -2.27. The Hall–Kier alpha value is -1.80. The van der Waals surface area contributed by atoms with Gasteiger partial charge in [0.15, 0.2) is 0 Å². The summed E-state index contributed by atoms with van der Waals surface area (Å²) in [6.45, 7) is 6.47. The molecule has 1 heterocycles. The zero-order chi connectivity index (χ0) is 14.8. The van der Waals surface area contributed by atoms with Gasteiger partial charge in [0, 0.05) is 24.8 Å². The van der Waals surface area contributed by atoms with Gasteiger partial charge in [-0.25, -0.2) is 0 Å². The number of benzene rings is 2. The predicted molar refractivity (Wildman–Crippen MR) is 89.6 cm³/mol. The molecule has 2 aromatic carbocycles. The largest absolute Gasteiger partial charge is 0.367 e. The molecule has 0 aromatic heterocycles. The van der Waals surface area contributed by atoms with Crippen LogP contribution in [0.15, 0.2) is 42.5 Å². The molecule has 2 nitrogen and oxygen atoms in total. The van der Waals surface area contributed by atoms with Gasteiger partial charge in [0.1, 0.15) is 0 Å². The van der Waals surface area contributed by atoms with Crippen molar-refractivity contribution in [2.24, 2.45) is 5.73 Å². The van der Waals surface area contributed by atoms with Crippen LogP contribution in [0.25, 0.3) is 0 Å². The summed E-state index contributed by atoms with van der Waals surface area (Å²) in [6, 6.07) is 15.3. The Labute approximate surface area is 127 Å². The Balaban J connectivity index is 1.97. The van der Waals surface area contributed by atoms with E-state index in [2.05, 4.69) is 61.2 Å². The van der Waals surface area contributed by atoms with Gasteiger partial charge in [0.25, 0.3) is 0 Å². The minimum atomic E-state index is 0.171. The van der Waals surface area contributed by atoms with E-state index >= 15 is 0 Å². The maximum absolute atomic E-state index is 6.34. The number of fused-ring (bicyclic) bond motifs is 1. The molecule has 0 saturated heterocycles. The molecule has 3 rings (SSSR count). The highest BCUT2D eigenvalue weighted by Crippen LogP contribution is 2.32. The van der Waals surface area contributed by atoms with E-state index in [-0.39, 0.29) is 6.04 Å². The molecule has 2 heteroatoms. The third kappa shape index (κ3) is 2.81. The average molecular weight is 280 g/mol. The average Bonchev–Trinajstić information content (AvgIpc) is 2.63. The van der Waals surface area contributed by atoms with Crippen LogP contribution in [0, 0.1) is 13.8 Å². The number of rotatable bonds is 2. The van der Waals surface area contributed by atoms with Crippen molar-refractivity contribution in [1.82, 2.24) is 0 Å². The predicted octanol–water partition coefficient (Wildman–Crippen LogP) is 4.10. The summed E-state index contributed by atoms with van der Waals surface area (Å²) >= 11 is 0. The summed E-state index contributed by atoms with van der Waals surface area (Å²) < 4.78 is 0. The number of hydrogen-bond acceptors (Lipinski definition) is 2. The standard InChI is InChI=1S/C19H24N2/c1-14-7-5-8-15(2)17(14)13-21-12-6-10-18(20)16-9-3-4-11-19(16)21/h3-5,7-9,11,18H,6,10,12-13,20H2,1-2H3. The van der Waals surface area contributed by atoms with Crippen molar-refractivity contribution in [3.05, 3.63) is 64.7 Å². The Morgan fingerprint density at radius 2 is 1.76 bits per heavy atom. The molecule has 2 aromatic rings. The van der Waals surface area contributed by atoms with Crippen molar-refractivity contribution in [3.8, 4) is 0 Å². The maximum atomic E-state index is 6.34. The van der Waals surface area contributed by atoms with E-state index in [0.717, 1.165) is 25.9 Å². The van der Waals surface area contributed by atoms with Gasteiger partial charge in [0.2, 0.25) is 0 Å². The van der Waals surface area contributed by atoms with Gasteiger partial charge in [-0.15, -0.1) is 0 Å². The van der Waals surface area contributed by atoms with Gasteiger partial charge in [-0.05, 0) is 55.0 Å². The smallest absolute Gasteiger partial charge is 0.0434 e. The van der Waals surface area contributed by atoms with E-state index < -0.39 is 0 Å². The third-order valence-electron chi connectivity index (χ3n) is 4.61. The van der Waals surface area contributed by atoms with E-state index in [0.29, 0.717) is 0 Å². The van der Waals surface area contributed by atoms with Crippen LogP contribution in [0.5, 0.6) is 0 Å². The molecule has 1 unspecified atom stereocenters. The molecule has 0 saturated carbocycles. The Morgan fingerprint density at radius 3 is 2.52 bits per heavy atom. The number of aryl methyl sites for hydroxylation is 2. The topological polar surface area (TPSA) is 29.3 Å². The zero-order valence-corrected chi connectivity index (χ0v) is 13.0. The minimum Gasteiger partial charge on any atom is -0.367 e. The summed E-state index contributed by atoms with van der Waals surface area (Å²) in [5, 5.41) is 0. The van der Waals surface area contributed by atoms with Crippen LogP contribution in [0.2, 0.25) is 0 Å². The molecule has 0 spiro atoms. The molecule has 1 atom stereocenters. The molecule has 0 bridgehead atoms. The van der Waals surface area contributed by atoms with Crippen molar-refractivity contribution in [3.63, 3.8) is 0 Å². The SMILES string of the molecule is Cc1cccc(C)c1CN1CCCC(N)c2ccccc21.